The number of para-hydroxylation sites is 1. The average molecular weight is 279 g/mol. The van der Waals surface area contributed by atoms with Crippen LogP contribution in [0, 0.1) is 0 Å². The molecular formula is C14H21N3O3. The monoisotopic (exact) mass is 279 g/mol. The quantitative estimate of drug-likeness (QED) is 0.609. The summed E-state index contributed by atoms with van der Waals surface area (Å²) in [7, 11) is 3.35. The van der Waals surface area contributed by atoms with Crippen molar-refractivity contribution in [1.29, 1.82) is 0 Å². The van der Waals surface area contributed by atoms with Crippen molar-refractivity contribution in [1.82, 2.24) is 10.6 Å². The maximum absolute atomic E-state index is 12.0. The van der Waals surface area contributed by atoms with Crippen molar-refractivity contribution in [2.24, 2.45) is 0 Å². The van der Waals surface area contributed by atoms with Crippen LogP contribution >= 0.6 is 0 Å². The molecule has 0 fully saturated rings. The van der Waals surface area contributed by atoms with E-state index in [0.29, 0.717) is 37.4 Å². The second kappa shape index (κ2) is 9.06. The second-order valence-corrected chi connectivity index (χ2v) is 4.20. The second-order valence-electron chi connectivity index (χ2n) is 4.20. The van der Waals surface area contributed by atoms with E-state index in [2.05, 4.69) is 16.0 Å². The van der Waals surface area contributed by atoms with E-state index in [1.54, 1.807) is 38.4 Å². The standard InChI is InChI=1S/C14H21N3O3/c1-15-8-7-13(18)17-12-6-4-3-5-11(12)14(19)16-9-10-20-2/h3-6,15H,7-10H2,1-2H3,(H,16,19)(H,17,18). The molecule has 0 unspecified atom stereocenters. The number of carbonyl (C=O) groups is 2. The zero-order chi connectivity index (χ0) is 14.8. The van der Waals surface area contributed by atoms with Crippen LogP contribution in [-0.4, -0.2) is 45.7 Å². The molecule has 0 saturated heterocycles. The Bertz CT molecular complexity index is 449. The normalized spacial score (nSPS) is 10.1. The molecule has 0 heterocycles. The third-order valence-corrected chi connectivity index (χ3v) is 2.64. The molecule has 0 radical (unpaired) electrons. The van der Waals surface area contributed by atoms with Crippen LogP contribution in [0.4, 0.5) is 5.69 Å². The van der Waals surface area contributed by atoms with Crippen LogP contribution in [0.2, 0.25) is 0 Å². The van der Waals surface area contributed by atoms with Crippen LogP contribution < -0.4 is 16.0 Å². The van der Waals surface area contributed by atoms with Gasteiger partial charge in [0.15, 0.2) is 0 Å². The Morgan fingerprint density at radius 3 is 2.65 bits per heavy atom. The van der Waals surface area contributed by atoms with Crippen LogP contribution in [0.5, 0.6) is 0 Å². The number of rotatable bonds is 8. The SMILES string of the molecule is CNCCC(=O)Nc1ccccc1C(=O)NCCOC. The molecular weight excluding hydrogens is 258 g/mol. The van der Waals surface area contributed by atoms with Crippen molar-refractivity contribution in [3.63, 3.8) is 0 Å². The number of carbonyl (C=O) groups excluding carboxylic acids is 2. The first-order chi connectivity index (χ1) is 9.69. The third-order valence-electron chi connectivity index (χ3n) is 2.64. The van der Waals surface area contributed by atoms with Gasteiger partial charge in [0, 0.05) is 26.6 Å². The largest absolute Gasteiger partial charge is 0.383 e. The van der Waals surface area contributed by atoms with Crippen molar-refractivity contribution >= 4 is 17.5 Å². The lowest BCUT2D eigenvalue weighted by atomic mass is 10.1. The van der Waals surface area contributed by atoms with Gasteiger partial charge in [-0.05, 0) is 19.2 Å². The molecule has 1 aromatic carbocycles. The van der Waals surface area contributed by atoms with E-state index < -0.39 is 0 Å². The fourth-order valence-electron chi connectivity index (χ4n) is 1.60. The molecule has 6 heteroatoms. The lowest BCUT2D eigenvalue weighted by molar-refractivity contribution is -0.116. The maximum Gasteiger partial charge on any atom is 0.253 e. The minimum atomic E-state index is -0.230. The number of benzene rings is 1. The Kier molecular flexibility index (Phi) is 7.31. The highest BCUT2D eigenvalue weighted by Gasteiger charge is 2.12. The van der Waals surface area contributed by atoms with Crippen molar-refractivity contribution in [2.75, 3.05) is 39.2 Å². The Labute approximate surface area is 118 Å². The van der Waals surface area contributed by atoms with Crippen LogP contribution in [0.1, 0.15) is 16.8 Å². The molecule has 6 nitrogen and oxygen atoms in total. The first-order valence-corrected chi connectivity index (χ1v) is 6.49. The Balaban J connectivity index is 2.67. The Hall–Kier alpha value is -1.92. The highest BCUT2D eigenvalue weighted by molar-refractivity contribution is 6.03. The van der Waals surface area contributed by atoms with Gasteiger partial charge in [0.05, 0.1) is 17.9 Å². The fourth-order valence-corrected chi connectivity index (χ4v) is 1.60. The van der Waals surface area contributed by atoms with Gasteiger partial charge in [0.2, 0.25) is 5.91 Å². The van der Waals surface area contributed by atoms with Crippen LogP contribution in [0.25, 0.3) is 0 Å². The van der Waals surface area contributed by atoms with Crippen LogP contribution in [0.15, 0.2) is 24.3 Å². The van der Waals surface area contributed by atoms with Gasteiger partial charge in [0.25, 0.3) is 5.91 Å². The Morgan fingerprint density at radius 1 is 1.20 bits per heavy atom. The molecule has 0 spiro atoms. The van der Waals surface area contributed by atoms with E-state index >= 15 is 0 Å². The molecule has 110 valence electrons. The van der Waals surface area contributed by atoms with Crippen LogP contribution in [-0.2, 0) is 9.53 Å². The third kappa shape index (κ3) is 5.38. The number of hydrogen-bond donors (Lipinski definition) is 3. The van der Waals surface area contributed by atoms with E-state index in [9.17, 15) is 9.59 Å². The number of methoxy groups -OCH3 is 1. The minimum absolute atomic E-state index is 0.128. The summed E-state index contributed by atoms with van der Waals surface area (Å²) >= 11 is 0. The summed E-state index contributed by atoms with van der Waals surface area (Å²) in [5, 5.41) is 8.38. The first-order valence-electron chi connectivity index (χ1n) is 6.49. The average Bonchev–Trinajstić information content (AvgIpc) is 2.46. The van der Waals surface area contributed by atoms with Gasteiger partial charge < -0.3 is 20.7 Å². The molecule has 0 bridgehead atoms. The van der Waals surface area contributed by atoms with Crippen molar-refractivity contribution < 1.29 is 14.3 Å². The summed E-state index contributed by atoms with van der Waals surface area (Å²) in [6, 6.07) is 6.92. The summed E-state index contributed by atoms with van der Waals surface area (Å²) in [5.74, 6) is -0.358. The summed E-state index contributed by atoms with van der Waals surface area (Å²) in [5.41, 5.74) is 0.963. The molecule has 0 saturated carbocycles. The number of ether oxygens (including phenoxy) is 1. The van der Waals surface area contributed by atoms with Crippen molar-refractivity contribution in [2.45, 2.75) is 6.42 Å². The van der Waals surface area contributed by atoms with Crippen molar-refractivity contribution in [3.8, 4) is 0 Å². The van der Waals surface area contributed by atoms with E-state index in [4.69, 9.17) is 4.74 Å². The maximum atomic E-state index is 12.0. The molecule has 0 aliphatic carbocycles. The molecule has 0 aliphatic heterocycles. The molecule has 1 aromatic rings. The van der Waals surface area contributed by atoms with Gasteiger partial charge in [-0.25, -0.2) is 0 Å². The number of anilines is 1. The highest BCUT2D eigenvalue weighted by atomic mass is 16.5. The molecule has 2 amide bonds. The van der Waals surface area contributed by atoms with Crippen molar-refractivity contribution in [3.05, 3.63) is 29.8 Å². The topological polar surface area (TPSA) is 79.5 Å². The molecule has 0 atom stereocenters. The highest BCUT2D eigenvalue weighted by Crippen LogP contribution is 2.15. The lowest BCUT2D eigenvalue weighted by Crippen LogP contribution is -2.28. The predicted octanol–water partition coefficient (Wildman–Crippen LogP) is 0.611. The van der Waals surface area contributed by atoms with Gasteiger partial charge in [-0.1, -0.05) is 12.1 Å². The number of hydrogen-bond acceptors (Lipinski definition) is 4. The predicted molar refractivity (Wildman–Crippen MR) is 77.8 cm³/mol. The number of nitrogens with one attached hydrogen (secondary N) is 3. The molecule has 1 rings (SSSR count). The zero-order valence-electron chi connectivity index (χ0n) is 11.9. The fraction of sp³-hybridized carbons (Fsp3) is 0.429. The van der Waals surface area contributed by atoms with Crippen LogP contribution in [0.3, 0.4) is 0 Å². The summed E-state index contributed by atoms with van der Waals surface area (Å²) < 4.78 is 4.88. The van der Waals surface area contributed by atoms with E-state index in [1.807, 2.05) is 0 Å². The van der Waals surface area contributed by atoms with Gasteiger partial charge in [-0.15, -0.1) is 0 Å². The smallest absolute Gasteiger partial charge is 0.253 e. The van der Waals surface area contributed by atoms with E-state index in [-0.39, 0.29) is 11.8 Å². The molecule has 20 heavy (non-hydrogen) atoms. The van der Waals surface area contributed by atoms with Gasteiger partial charge >= 0.3 is 0 Å². The minimum Gasteiger partial charge on any atom is -0.383 e. The zero-order valence-corrected chi connectivity index (χ0v) is 11.9. The van der Waals surface area contributed by atoms with Gasteiger partial charge in [-0.3, -0.25) is 9.59 Å². The molecule has 0 aliphatic rings. The first kappa shape index (κ1) is 16.1. The summed E-state index contributed by atoms with van der Waals surface area (Å²) in [4.78, 5) is 23.7. The van der Waals surface area contributed by atoms with E-state index in [1.165, 1.54) is 0 Å². The molecule has 0 aromatic heterocycles. The lowest BCUT2D eigenvalue weighted by Gasteiger charge is -2.11. The van der Waals surface area contributed by atoms with E-state index in [0.717, 1.165) is 0 Å². The number of amides is 2. The van der Waals surface area contributed by atoms with Gasteiger partial charge in [0.1, 0.15) is 0 Å². The summed E-state index contributed by atoms with van der Waals surface area (Å²) in [6.07, 6.45) is 0.357. The molecule has 3 N–H and O–H groups in total. The van der Waals surface area contributed by atoms with Gasteiger partial charge in [-0.2, -0.15) is 0 Å². The summed E-state index contributed by atoms with van der Waals surface area (Å²) in [6.45, 7) is 1.47. The Morgan fingerprint density at radius 2 is 1.95 bits per heavy atom.